The highest BCUT2D eigenvalue weighted by Gasteiger charge is 2.29. The van der Waals surface area contributed by atoms with Crippen molar-refractivity contribution in [2.24, 2.45) is 0 Å². The molecule has 0 amide bonds. The van der Waals surface area contributed by atoms with Crippen LogP contribution in [0.5, 0.6) is 0 Å². The van der Waals surface area contributed by atoms with E-state index in [9.17, 15) is 9.18 Å². The summed E-state index contributed by atoms with van der Waals surface area (Å²) in [5, 5.41) is 0.763. The van der Waals surface area contributed by atoms with E-state index < -0.39 is 0 Å². The molecule has 0 radical (unpaired) electrons. The van der Waals surface area contributed by atoms with E-state index >= 15 is 0 Å². The maximum atomic E-state index is 13.5. The predicted octanol–water partition coefficient (Wildman–Crippen LogP) is 2.83. The molecule has 7 heteroatoms. The molecule has 1 fully saturated rings. The Morgan fingerprint density at radius 1 is 1.29 bits per heavy atom. The second-order valence-corrected chi connectivity index (χ2v) is 8.62. The van der Waals surface area contributed by atoms with E-state index in [1.165, 1.54) is 22.6 Å². The van der Waals surface area contributed by atoms with E-state index in [4.69, 9.17) is 4.74 Å². The third-order valence-corrected chi connectivity index (χ3v) is 6.98. The minimum absolute atomic E-state index is 0.0171. The van der Waals surface area contributed by atoms with Crippen LogP contribution in [0.25, 0.3) is 10.2 Å². The summed E-state index contributed by atoms with van der Waals surface area (Å²) in [7, 11) is 0. The van der Waals surface area contributed by atoms with Crippen LogP contribution in [0, 0.1) is 5.82 Å². The first-order valence-corrected chi connectivity index (χ1v) is 10.6. The van der Waals surface area contributed by atoms with Gasteiger partial charge in [0.2, 0.25) is 0 Å². The number of aromatic nitrogens is 2. The molecule has 0 saturated carbocycles. The van der Waals surface area contributed by atoms with Crippen LogP contribution in [0.4, 0.5) is 4.39 Å². The molecule has 3 aromatic rings. The molecule has 2 aliphatic rings. The Morgan fingerprint density at radius 2 is 2.14 bits per heavy atom. The van der Waals surface area contributed by atoms with E-state index in [0.29, 0.717) is 12.6 Å². The SMILES string of the molecule is O=c1c2c3c(sc2ncn1Cc1cccc(F)c1)C[C@H](N1CCOCC1)CC3. The number of nitrogens with zero attached hydrogens (tertiary/aromatic N) is 3. The average molecular weight is 399 g/mol. The summed E-state index contributed by atoms with van der Waals surface area (Å²) in [4.78, 5) is 22.3. The van der Waals surface area contributed by atoms with Crippen LogP contribution in [0.15, 0.2) is 35.4 Å². The first-order chi connectivity index (χ1) is 13.7. The molecule has 5 nitrogen and oxygen atoms in total. The van der Waals surface area contributed by atoms with Gasteiger partial charge < -0.3 is 4.74 Å². The van der Waals surface area contributed by atoms with Crippen LogP contribution in [0.3, 0.4) is 0 Å². The maximum absolute atomic E-state index is 13.5. The van der Waals surface area contributed by atoms with Crippen molar-refractivity contribution in [2.45, 2.75) is 31.8 Å². The monoisotopic (exact) mass is 399 g/mol. The highest BCUT2D eigenvalue weighted by Crippen LogP contribution is 2.35. The smallest absolute Gasteiger partial charge is 0.262 e. The second kappa shape index (κ2) is 7.39. The lowest BCUT2D eigenvalue weighted by Crippen LogP contribution is -2.45. The molecule has 0 bridgehead atoms. The Kier molecular flexibility index (Phi) is 4.74. The second-order valence-electron chi connectivity index (χ2n) is 7.54. The van der Waals surface area contributed by atoms with Crippen molar-refractivity contribution >= 4 is 21.6 Å². The Morgan fingerprint density at radius 3 is 2.96 bits per heavy atom. The van der Waals surface area contributed by atoms with E-state index in [2.05, 4.69) is 9.88 Å². The molecule has 1 atom stereocenters. The highest BCUT2D eigenvalue weighted by molar-refractivity contribution is 7.18. The Balaban J connectivity index is 1.46. The van der Waals surface area contributed by atoms with Gasteiger partial charge in [0.05, 0.1) is 31.5 Å². The van der Waals surface area contributed by atoms with Crippen LogP contribution < -0.4 is 5.56 Å². The zero-order valence-electron chi connectivity index (χ0n) is 15.6. The van der Waals surface area contributed by atoms with Crippen molar-refractivity contribution in [1.82, 2.24) is 14.5 Å². The van der Waals surface area contributed by atoms with Gasteiger partial charge >= 0.3 is 0 Å². The molecule has 1 saturated heterocycles. The first-order valence-electron chi connectivity index (χ1n) is 9.75. The van der Waals surface area contributed by atoms with Crippen LogP contribution in [-0.4, -0.2) is 46.8 Å². The first kappa shape index (κ1) is 18.0. The van der Waals surface area contributed by atoms with Gasteiger partial charge in [0.25, 0.3) is 5.56 Å². The van der Waals surface area contributed by atoms with Gasteiger partial charge in [0.15, 0.2) is 0 Å². The van der Waals surface area contributed by atoms with Crippen LogP contribution in [0.1, 0.15) is 22.4 Å². The minimum atomic E-state index is -0.290. The van der Waals surface area contributed by atoms with Gasteiger partial charge in [-0.15, -0.1) is 11.3 Å². The van der Waals surface area contributed by atoms with Crippen molar-refractivity contribution in [2.75, 3.05) is 26.3 Å². The van der Waals surface area contributed by atoms with E-state index in [0.717, 1.165) is 61.3 Å². The summed E-state index contributed by atoms with van der Waals surface area (Å²) in [6.45, 7) is 3.93. The molecule has 0 spiro atoms. The van der Waals surface area contributed by atoms with Crippen molar-refractivity contribution in [1.29, 1.82) is 0 Å². The van der Waals surface area contributed by atoms with E-state index in [1.807, 2.05) is 6.07 Å². The zero-order valence-corrected chi connectivity index (χ0v) is 16.4. The number of hydrogen-bond acceptors (Lipinski definition) is 5. The molecule has 3 heterocycles. The van der Waals surface area contributed by atoms with Gasteiger partial charge in [0, 0.05) is 24.0 Å². The molecule has 5 rings (SSSR count). The van der Waals surface area contributed by atoms with Gasteiger partial charge in [-0.3, -0.25) is 14.3 Å². The van der Waals surface area contributed by atoms with E-state index in [-0.39, 0.29) is 11.4 Å². The zero-order chi connectivity index (χ0) is 19.1. The maximum Gasteiger partial charge on any atom is 0.262 e. The van der Waals surface area contributed by atoms with Crippen LogP contribution in [0.2, 0.25) is 0 Å². The molecule has 0 N–H and O–H groups in total. The molecule has 2 aromatic heterocycles. The fourth-order valence-corrected chi connectivity index (χ4v) is 5.63. The number of benzene rings is 1. The summed E-state index contributed by atoms with van der Waals surface area (Å²) in [6, 6.07) is 6.90. The van der Waals surface area contributed by atoms with Crippen LogP contribution >= 0.6 is 11.3 Å². The fraction of sp³-hybridized carbons (Fsp3) is 0.429. The third-order valence-electron chi connectivity index (χ3n) is 5.81. The highest BCUT2D eigenvalue weighted by atomic mass is 32.1. The van der Waals surface area contributed by atoms with Crippen molar-refractivity contribution < 1.29 is 9.13 Å². The number of ether oxygens (including phenoxy) is 1. The largest absolute Gasteiger partial charge is 0.379 e. The van der Waals surface area contributed by atoms with Crippen molar-refractivity contribution in [3.8, 4) is 0 Å². The van der Waals surface area contributed by atoms with Crippen LogP contribution in [-0.2, 0) is 24.1 Å². The molecule has 28 heavy (non-hydrogen) atoms. The third kappa shape index (κ3) is 3.27. The number of aryl methyl sites for hydroxylation is 1. The quantitative estimate of drug-likeness (QED) is 0.680. The predicted molar refractivity (Wildman–Crippen MR) is 108 cm³/mol. The molecular formula is C21H22FN3O2S. The number of thiophene rings is 1. The number of fused-ring (bicyclic) bond motifs is 3. The molecular weight excluding hydrogens is 377 g/mol. The van der Waals surface area contributed by atoms with Crippen molar-refractivity contribution in [3.05, 3.63) is 62.8 Å². The number of morpholine rings is 1. The Hall–Kier alpha value is -2.09. The number of halogens is 1. The molecule has 146 valence electrons. The summed E-state index contributed by atoms with van der Waals surface area (Å²) in [5.41, 5.74) is 1.92. The van der Waals surface area contributed by atoms with Gasteiger partial charge in [0.1, 0.15) is 10.6 Å². The number of rotatable bonds is 3. The van der Waals surface area contributed by atoms with Gasteiger partial charge in [-0.25, -0.2) is 9.37 Å². The molecule has 1 aromatic carbocycles. The lowest BCUT2D eigenvalue weighted by atomic mass is 9.92. The van der Waals surface area contributed by atoms with Gasteiger partial charge in [-0.1, -0.05) is 12.1 Å². The number of hydrogen-bond donors (Lipinski definition) is 0. The molecule has 1 aliphatic carbocycles. The normalized spacial score (nSPS) is 20.4. The fourth-order valence-electron chi connectivity index (χ4n) is 4.38. The lowest BCUT2D eigenvalue weighted by Gasteiger charge is -2.36. The Labute approximate surface area is 166 Å². The van der Waals surface area contributed by atoms with Crippen molar-refractivity contribution in [3.63, 3.8) is 0 Å². The van der Waals surface area contributed by atoms with Gasteiger partial charge in [-0.2, -0.15) is 0 Å². The summed E-state index contributed by atoms with van der Waals surface area (Å²) >= 11 is 1.66. The van der Waals surface area contributed by atoms with E-state index in [1.54, 1.807) is 28.3 Å². The minimum Gasteiger partial charge on any atom is -0.379 e. The topological polar surface area (TPSA) is 47.4 Å². The molecule has 1 aliphatic heterocycles. The Bertz CT molecular complexity index is 1070. The molecule has 0 unspecified atom stereocenters. The van der Waals surface area contributed by atoms with Gasteiger partial charge in [-0.05, 0) is 42.5 Å². The average Bonchev–Trinajstić information content (AvgIpc) is 3.09. The summed E-state index contributed by atoms with van der Waals surface area (Å²) in [5.74, 6) is -0.290. The standard InChI is InChI=1S/C21H22FN3O2S/c22-15-3-1-2-14(10-15)12-25-13-23-20-19(21(25)26)17-5-4-16(11-18(17)28-20)24-6-8-27-9-7-24/h1-3,10,13,16H,4-9,11-12H2/t16-/m1/s1. The summed E-state index contributed by atoms with van der Waals surface area (Å²) in [6.07, 6.45) is 4.56. The summed E-state index contributed by atoms with van der Waals surface area (Å²) < 4.78 is 20.5. The lowest BCUT2D eigenvalue weighted by molar-refractivity contribution is 0.0140.